The molecule has 0 amide bonds. The van der Waals surface area contributed by atoms with Crippen LogP contribution in [-0.2, 0) is 23.8 Å². The Morgan fingerprint density at radius 1 is 0.795 bits per heavy atom. The van der Waals surface area contributed by atoms with E-state index < -0.39 is 116 Å². The standard InChI is InChI=1S/C24H38O15/c25-9-3-11(26)10-5-15(23(37-14(10)4-9)8-1-12(27)19(32)13(28)2-8)38-24-22(35)21(34)20(33)16(39-24)7-36-18(31)6-17(29)30/h8-16,19-28,32-35H,1-7H2,(H,29,30)/p+1/t8?,9?,10?,11?,12?,13?,14?,15?,16-,19?,20-,21+,22-,23?,24-/m1/s1. The highest BCUT2D eigenvalue weighted by atomic mass is 16.7. The molecule has 0 aromatic rings. The van der Waals surface area contributed by atoms with Crippen LogP contribution in [0.25, 0.3) is 0 Å². The number of aliphatic carboxylic acids is 1. The lowest BCUT2D eigenvalue weighted by Gasteiger charge is -2.48. The Labute approximate surface area is 223 Å². The molecule has 13 atom stereocenters. The van der Waals surface area contributed by atoms with Gasteiger partial charge in [-0.3, -0.25) is 9.59 Å². The number of esters is 1. The van der Waals surface area contributed by atoms with Crippen LogP contribution in [0, 0.1) is 11.8 Å². The van der Waals surface area contributed by atoms with Gasteiger partial charge in [0.25, 0.3) is 0 Å². The van der Waals surface area contributed by atoms with E-state index in [1.807, 2.05) is 0 Å². The van der Waals surface area contributed by atoms with Crippen molar-refractivity contribution in [3.05, 3.63) is 0 Å². The van der Waals surface area contributed by atoms with Crippen LogP contribution < -0.4 is 0 Å². The fraction of sp³-hybridized carbons (Fsp3) is 0.917. The number of fused-ring (bicyclic) bond motifs is 1. The molecule has 8 unspecified atom stereocenters. The first-order chi connectivity index (χ1) is 18.3. The molecule has 4 aliphatic rings. The molecule has 39 heavy (non-hydrogen) atoms. The molecule has 0 aromatic heterocycles. The van der Waals surface area contributed by atoms with Crippen molar-refractivity contribution in [1.29, 1.82) is 0 Å². The molecular formula is C24H39O15+. The van der Waals surface area contributed by atoms with Crippen LogP contribution in [-0.4, -0.2) is 149 Å². The third kappa shape index (κ3) is 6.87. The van der Waals surface area contributed by atoms with E-state index in [0.29, 0.717) is 6.42 Å². The summed E-state index contributed by atoms with van der Waals surface area (Å²) in [7, 11) is 0. The molecule has 0 bridgehead atoms. The van der Waals surface area contributed by atoms with Crippen LogP contribution in [0.2, 0.25) is 0 Å². The van der Waals surface area contributed by atoms with Gasteiger partial charge in [-0.2, -0.15) is 0 Å². The van der Waals surface area contributed by atoms with Gasteiger partial charge in [-0.1, -0.05) is 0 Å². The normalized spacial score (nSPS) is 48.7. The molecule has 224 valence electrons. The summed E-state index contributed by atoms with van der Waals surface area (Å²) in [4.78, 5) is 22.3. The zero-order valence-corrected chi connectivity index (χ0v) is 21.1. The second-order valence-electron chi connectivity index (χ2n) is 11.1. The van der Waals surface area contributed by atoms with Crippen LogP contribution in [0.5, 0.6) is 0 Å². The Kier molecular flexibility index (Phi) is 9.81. The van der Waals surface area contributed by atoms with Crippen molar-refractivity contribution in [3.8, 4) is 0 Å². The van der Waals surface area contributed by atoms with Crippen LogP contribution in [0.3, 0.4) is 0 Å². The minimum Gasteiger partial charge on any atom is -0.481 e. The van der Waals surface area contributed by atoms with E-state index in [4.69, 9.17) is 24.1 Å². The van der Waals surface area contributed by atoms with Crippen molar-refractivity contribution in [1.82, 2.24) is 0 Å². The number of ether oxygens (including phenoxy) is 4. The summed E-state index contributed by atoms with van der Waals surface area (Å²) >= 11 is 0. The predicted molar refractivity (Wildman–Crippen MR) is 125 cm³/mol. The Hall–Kier alpha value is -1.50. The molecule has 15 heteroatoms. The van der Waals surface area contributed by atoms with Crippen molar-refractivity contribution in [2.45, 2.75) is 118 Å². The monoisotopic (exact) mass is 567 g/mol. The maximum absolute atomic E-state index is 11.6. The number of carboxylic acid groups (broad SMARTS) is 1. The second-order valence-corrected chi connectivity index (χ2v) is 11.1. The van der Waals surface area contributed by atoms with E-state index in [-0.39, 0.29) is 25.7 Å². The number of carbonyl (C=O) groups is 2. The lowest BCUT2D eigenvalue weighted by atomic mass is 9.72. The average molecular weight is 568 g/mol. The largest absolute Gasteiger partial charge is 0.481 e. The highest BCUT2D eigenvalue weighted by Crippen LogP contribution is 2.42. The van der Waals surface area contributed by atoms with Gasteiger partial charge < -0.3 is 64.9 Å². The molecule has 2 aliphatic carbocycles. The lowest BCUT2D eigenvalue weighted by Crippen LogP contribution is -2.63. The van der Waals surface area contributed by atoms with Crippen molar-refractivity contribution in [3.63, 3.8) is 0 Å². The molecule has 2 heterocycles. The molecule has 2 saturated carbocycles. The molecule has 4 rings (SSSR count). The first-order valence-corrected chi connectivity index (χ1v) is 13.2. The van der Waals surface area contributed by atoms with Crippen molar-refractivity contribution < 1.29 is 74.5 Å². The van der Waals surface area contributed by atoms with E-state index in [0.717, 1.165) is 0 Å². The summed E-state index contributed by atoms with van der Waals surface area (Å²) < 4.78 is 21.3. The molecule has 0 radical (unpaired) electrons. The van der Waals surface area contributed by atoms with E-state index in [1.54, 1.807) is 0 Å². The second kappa shape index (κ2) is 12.6. The zero-order valence-electron chi connectivity index (χ0n) is 21.1. The lowest BCUT2D eigenvalue weighted by molar-refractivity contribution is -0.357. The van der Waals surface area contributed by atoms with Crippen molar-refractivity contribution in [2.24, 2.45) is 11.8 Å². The minimum absolute atomic E-state index is 0.0757. The fourth-order valence-electron chi connectivity index (χ4n) is 6.25. The summed E-state index contributed by atoms with van der Waals surface area (Å²) in [5.74, 6) is -3.42. The van der Waals surface area contributed by atoms with E-state index >= 15 is 0 Å². The average Bonchev–Trinajstić information content (AvgIpc) is 2.86. The van der Waals surface area contributed by atoms with E-state index in [9.17, 15) is 50.4 Å². The van der Waals surface area contributed by atoms with Gasteiger partial charge in [0.2, 0.25) is 0 Å². The fourth-order valence-corrected chi connectivity index (χ4v) is 6.25. The summed E-state index contributed by atoms with van der Waals surface area (Å²) in [5.41, 5.74) is 0. The molecular weight excluding hydrogens is 528 g/mol. The third-order valence-electron chi connectivity index (χ3n) is 8.31. The smallest absolute Gasteiger partial charge is 0.317 e. The summed E-state index contributed by atoms with van der Waals surface area (Å²) in [6.45, 7) is -0.629. The van der Waals surface area contributed by atoms with E-state index in [2.05, 4.69) is 0 Å². The molecule has 2 saturated heterocycles. The summed E-state index contributed by atoms with van der Waals surface area (Å²) in [6, 6.07) is 0. The van der Waals surface area contributed by atoms with Gasteiger partial charge in [0.05, 0.1) is 30.3 Å². The Bertz CT molecular complexity index is 845. The zero-order chi connectivity index (χ0) is 28.6. The van der Waals surface area contributed by atoms with Gasteiger partial charge in [-0.15, -0.1) is 0 Å². The number of rotatable bonds is 7. The third-order valence-corrected chi connectivity index (χ3v) is 8.31. The first-order valence-electron chi connectivity index (χ1n) is 13.2. The predicted octanol–water partition coefficient (Wildman–Crippen LogP) is -4.51. The summed E-state index contributed by atoms with van der Waals surface area (Å²) in [6.07, 6.45) is -15.8. The van der Waals surface area contributed by atoms with Crippen LogP contribution >= 0.6 is 0 Å². The maximum atomic E-state index is 11.6. The Balaban J connectivity index is 1.51. The van der Waals surface area contributed by atoms with Crippen molar-refractivity contribution >= 4 is 11.9 Å². The van der Waals surface area contributed by atoms with Crippen LogP contribution in [0.4, 0.5) is 0 Å². The number of carbonyl (C=O) groups excluding carboxylic acids is 1. The number of hydrogen-bond donors (Lipinski definition) is 9. The van der Waals surface area contributed by atoms with Gasteiger partial charge in [0.1, 0.15) is 49.7 Å². The molecule has 15 nitrogen and oxygen atoms in total. The van der Waals surface area contributed by atoms with Gasteiger partial charge >= 0.3 is 11.9 Å². The van der Waals surface area contributed by atoms with Crippen molar-refractivity contribution in [2.75, 3.05) is 6.61 Å². The number of carboxylic acids is 1. The van der Waals surface area contributed by atoms with Gasteiger partial charge in [-0.25, -0.2) is 0 Å². The molecule has 4 fully saturated rings. The Morgan fingerprint density at radius 2 is 1.46 bits per heavy atom. The number of aliphatic hydroxyl groups excluding tert-OH is 8. The maximum Gasteiger partial charge on any atom is 0.317 e. The van der Waals surface area contributed by atoms with Gasteiger partial charge in [0.15, 0.2) is 18.5 Å². The highest BCUT2D eigenvalue weighted by molar-refractivity contribution is 5.90. The SMILES string of the molecule is O=C(O)CC(=O)OC[C@H]1O[C@@H](OC2CC3C(O)CC(O)CC3[OH+]C2C2CC(O)C(O)C(O)C2)[C@H](O)[C@@H](O)[C@@H]1O. The Morgan fingerprint density at radius 3 is 2.10 bits per heavy atom. The topological polar surface area (TPSA) is 257 Å². The molecule has 0 aromatic carbocycles. The molecule has 2 aliphatic heterocycles. The van der Waals surface area contributed by atoms with Crippen LogP contribution in [0.1, 0.15) is 38.5 Å². The summed E-state index contributed by atoms with van der Waals surface area (Å²) in [5, 5.41) is 91.5. The van der Waals surface area contributed by atoms with Gasteiger partial charge in [0, 0.05) is 18.8 Å². The van der Waals surface area contributed by atoms with E-state index in [1.165, 1.54) is 0 Å². The highest BCUT2D eigenvalue weighted by Gasteiger charge is 2.55. The quantitative estimate of drug-likeness (QED) is 0.0798. The minimum atomic E-state index is -1.78. The molecule has 10 N–H and O–H groups in total. The van der Waals surface area contributed by atoms with Gasteiger partial charge in [-0.05, 0) is 19.3 Å². The number of hydrogen-bond acceptors (Lipinski definition) is 13. The molecule has 0 spiro atoms. The first kappa shape index (κ1) is 30.5. The van der Waals surface area contributed by atoms with Crippen LogP contribution in [0.15, 0.2) is 0 Å². The number of aliphatic hydroxyl groups is 10.